The van der Waals surface area contributed by atoms with Gasteiger partial charge in [-0.25, -0.2) is 10.2 Å². The number of halogens is 1. The number of benzene rings is 2. The van der Waals surface area contributed by atoms with Crippen LogP contribution in [0.4, 0.5) is 0 Å². The van der Waals surface area contributed by atoms with Crippen molar-refractivity contribution in [2.75, 3.05) is 12.4 Å². The number of nitrogens with zero attached hydrogens (tertiary/aromatic N) is 4. The van der Waals surface area contributed by atoms with Crippen molar-refractivity contribution in [1.29, 1.82) is 0 Å². The first-order valence-corrected chi connectivity index (χ1v) is 11.8. The van der Waals surface area contributed by atoms with Gasteiger partial charge in [0, 0.05) is 22.1 Å². The van der Waals surface area contributed by atoms with Crippen molar-refractivity contribution in [3.05, 3.63) is 70.7 Å². The summed E-state index contributed by atoms with van der Waals surface area (Å²) in [5, 5.41) is 21.9. The molecule has 0 spiro atoms. The van der Waals surface area contributed by atoms with Gasteiger partial charge in [0.2, 0.25) is 0 Å². The van der Waals surface area contributed by atoms with Crippen molar-refractivity contribution < 1.29 is 19.4 Å². The SMILES string of the molecule is C=C(C)Cn1c(SCC(=O)N/N=C/c2ccccc2OCC(=O)O)nnc1-c1ccc(Br)cc1. The van der Waals surface area contributed by atoms with Crippen LogP contribution < -0.4 is 10.2 Å². The minimum absolute atomic E-state index is 0.0726. The molecule has 176 valence electrons. The Hall–Kier alpha value is -3.44. The average molecular weight is 544 g/mol. The molecule has 3 aromatic rings. The smallest absolute Gasteiger partial charge is 0.341 e. The lowest BCUT2D eigenvalue weighted by Crippen LogP contribution is -2.20. The second-order valence-electron chi connectivity index (χ2n) is 7.16. The Bertz CT molecular complexity index is 1210. The lowest BCUT2D eigenvalue weighted by atomic mass is 10.2. The second kappa shape index (κ2) is 12.1. The number of amides is 1. The summed E-state index contributed by atoms with van der Waals surface area (Å²) >= 11 is 4.67. The van der Waals surface area contributed by atoms with E-state index in [2.05, 4.69) is 43.2 Å². The topological polar surface area (TPSA) is 119 Å². The van der Waals surface area contributed by atoms with E-state index in [0.29, 0.717) is 28.8 Å². The van der Waals surface area contributed by atoms with Crippen molar-refractivity contribution in [2.24, 2.45) is 5.10 Å². The van der Waals surface area contributed by atoms with Crippen LogP contribution in [-0.2, 0) is 16.1 Å². The summed E-state index contributed by atoms with van der Waals surface area (Å²) in [6.07, 6.45) is 1.40. The lowest BCUT2D eigenvalue weighted by Gasteiger charge is -2.10. The molecule has 0 unspecified atom stereocenters. The summed E-state index contributed by atoms with van der Waals surface area (Å²) in [6, 6.07) is 14.5. The fraction of sp³-hybridized carbons (Fsp3) is 0.174. The molecule has 1 heterocycles. The Morgan fingerprint density at radius 3 is 2.68 bits per heavy atom. The van der Waals surface area contributed by atoms with Gasteiger partial charge < -0.3 is 9.84 Å². The van der Waals surface area contributed by atoms with Crippen LogP contribution in [0, 0.1) is 0 Å². The van der Waals surface area contributed by atoms with Crippen molar-refractivity contribution in [2.45, 2.75) is 18.6 Å². The zero-order valence-electron chi connectivity index (χ0n) is 18.3. The number of ether oxygens (including phenoxy) is 1. The summed E-state index contributed by atoms with van der Waals surface area (Å²) in [6.45, 7) is 5.95. The molecule has 0 fully saturated rings. The number of aromatic nitrogens is 3. The molecule has 11 heteroatoms. The summed E-state index contributed by atoms with van der Waals surface area (Å²) in [5.41, 5.74) is 4.83. The number of hydrogen-bond donors (Lipinski definition) is 2. The molecule has 0 aliphatic heterocycles. The number of carboxylic acids is 1. The molecule has 0 aliphatic carbocycles. The highest BCUT2D eigenvalue weighted by Gasteiger charge is 2.16. The quantitative estimate of drug-likeness (QED) is 0.162. The van der Waals surface area contributed by atoms with E-state index in [-0.39, 0.29) is 11.7 Å². The number of carboxylic acid groups (broad SMARTS) is 1. The third-order valence-corrected chi connectivity index (χ3v) is 5.74. The van der Waals surface area contributed by atoms with Crippen LogP contribution in [0.1, 0.15) is 12.5 Å². The van der Waals surface area contributed by atoms with E-state index in [1.54, 1.807) is 24.3 Å². The van der Waals surface area contributed by atoms with E-state index >= 15 is 0 Å². The van der Waals surface area contributed by atoms with Crippen LogP contribution in [0.3, 0.4) is 0 Å². The molecule has 2 aromatic carbocycles. The standard InChI is InChI=1S/C23H22BrN5O4S/c1-15(2)12-29-22(16-7-9-18(24)10-8-16)27-28-23(29)34-14-20(30)26-25-11-17-5-3-4-6-19(17)33-13-21(31)32/h3-11H,1,12-14H2,2H3,(H,26,30)(H,31,32)/b25-11+. The number of hydrogen-bond acceptors (Lipinski definition) is 7. The van der Waals surface area contributed by atoms with Crippen molar-refractivity contribution >= 4 is 45.8 Å². The Balaban J connectivity index is 1.63. The molecule has 0 aliphatic rings. The number of carbonyl (C=O) groups excluding carboxylic acids is 1. The van der Waals surface area contributed by atoms with E-state index in [0.717, 1.165) is 15.6 Å². The number of thioether (sulfide) groups is 1. The molecule has 0 saturated heterocycles. The van der Waals surface area contributed by atoms with Gasteiger partial charge in [-0.15, -0.1) is 10.2 Å². The fourth-order valence-corrected chi connectivity index (χ4v) is 3.81. The highest BCUT2D eigenvalue weighted by Crippen LogP contribution is 2.26. The fourth-order valence-electron chi connectivity index (χ4n) is 2.81. The Morgan fingerprint density at radius 1 is 1.24 bits per heavy atom. The first-order valence-electron chi connectivity index (χ1n) is 10.1. The molecule has 9 nitrogen and oxygen atoms in total. The monoisotopic (exact) mass is 543 g/mol. The first kappa shape index (κ1) is 25.2. The molecule has 2 N–H and O–H groups in total. The molecule has 0 radical (unpaired) electrons. The molecular weight excluding hydrogens is 522 g/mol. The summed E-state index contributed by atoms with van der Waals surface area (Å²) < 4.78 is 8.10. The molecular formula is C23H22BrN5O4S. The van der Waals surface area contributed by atoms with E-state index in [1.165, 1.54) is 18.0 Å². The first-order chi connectivity index (χ1) is 16.3. The van der Waals surface area contributed by atoms with Gasteiger partial charge in [0.1, 0.15) is 5.75 Å². The Kier molecular flexibility index (Phi) is 9.00. The molecule has 3 rings (SSSR count). The zero-order chi connectivity index (χ0) is 24.5. The van der Waals surface area contributed by atoms with Gasteiger partial charge in [0.05, 0.1) is 12.0 Å². The van der Waals surface area contributed by atoms with Gasteiger partial charge in [0.15, 0.2) is 17.6 Å². The summed E-state index contributed by atoms with van der Waals surface area (Å²) in [7, 11) is 0. The van der Waals surface area contributed by atoms with Gasteiger partial charge >= 0.3 is 5.97 Å². The maximum absolute atomic E-state index is 12.3. The number of para-hydroxylation sites is 1. The highest BCUT2D eigenvalue weighted by molar-refractivity contribution is 9.10. The minimum atomic E-state index is -1.08. The molecule has 0 saturated carbocycles. The second-order valence-corrected chi connectivity index (χ2v) is 9.02. The molecule has 0 atom stereocenters. The van der Waals surface area contributed by atoms with Crippen LogP contribution in [0.2, 0.25) is 0 Å². The van der Waals surface area contributed by atoms with Crippen LogP contribution in [-0.4, -0.2) is 50.3 Å². The van der Waals surface area contributed by atoms with E-state index in [9.17, 15) is 9.59 Å². The lowest BCUT2D eigenvalue weighted by molar-refractivity contribution is -0.139. The number of rotatable bonds is 11. The number of nitrogens with one attached hydrogen (secondary N) is 1. The number of allylic oxidation sites excluding steroid dienone is 1. The van der Waals surface area contributed by atoms with Crippen LogP contribution >= 0.6 is 27.7 Å². The maximum atomic E-state index is 12.3. The Labute approximate surface area is 209 Å². The molecule has 34 heavy (non-hydrogen) atoms. The predicted octanol–water partition coefficient (Wildman–Crippen LogP) is 3.99. The average Bonchev–Trinajstić information content (AvgIpc) is 3.19. The van der Waals surface area contributed by atoms with Gasteiger partial charge in [0.25, 0.3) is 5.91 Å². The van der Waals surface area contributed by atoms with E-state index in [4.69, 9.17) is 9.84 Å². The number of hydrazone groups is 1. The summed E-state index contributed by atoms with van der Waals surface area (Å²) in [5.74, 6) is -0.302. The predicted molar refractivity (Wildman–Crippen MR) is 134 cm³/mol. The van der Waals surface area contributed by atoms with Crippen molar-refractivity contribution in [1.82, 2.24) is 20.2 Å². The zero-order valence-corrected chi connectivity index (χ0v) is 20.7. The van der Waals surface area contributed by atoms with Crippen molar-refractivity contribution in [3.8, 4) is 17.1 Å². The maximum Gasteiger partial charge on any atom is 0.341 e. The number of aliphatic carboxylic acids is 1. The largest absolute Gasteiger partial charge is 0.481 e. The van der Waals surface area contributed by atoms with Gasteiger partial charge in [-0.3, -0.25) is 9.36 Å². The highest BCUT2D eigenvalue weighted by atomic mass is 79.9. The van der Waals surface area contributed by atoms with Crippen LogP contribution in [0.25, 0.3) is 11.4 Å². The number of carbonyl (C=O) groups is 2. The minimum Gasteiger partial charge on any atom is -0.481 e. The molecule has 1 aromatic heterocycles. The normalized spacial score (nSPS) is 10.9. The van der Waals surface area contributed by atoms with Gasteiger partial charge in [-0.05, 0) is 31.2 Å². The van der Waals surface area contributed by atoms with Crippen LogP contribution in [0.5, 0.6) is 5.75 Å². The van der Waals surface area contributed by atoms with Crippen molar-refractivity contribution in [3.63, 3.8) is 0 Å². The Morgan fingerprint density at radius 2 is 1.97 bits per heavy atom. The third kappa shape index (κ3) is 7.29. The van der Waals surface area contributed by atoms with Crippen LogP contribution in [0.15, 0.2) is 75.4 Å². The van der Waals surface area contributed by atoms with Gasteiger partial charge in [-0.1, -0.05) is 64.1 Å². The van der Waals surface area contributed by atoms with Gasteiger partial charge in [-0.2, -0.15) is 5.10 Å². The summed E-state index contributed by atoms with van der Waals surface area (Å²) in [4.78, 5) is 23.0. The third-order valence-electron chi connectivity index (χ3n) is 4.24. The van der Waals surface area contributed by atoms with E-state index < -0.39 is 12.6 Å². The molecule has 1 amide bonds. The molecule has 0 bridgehead atoms. The van der Waals surface area contributed by atoms with E-state index in [1.807, 2.05) is 35.8 Å².